The van der Waals surface area contributed by atoms with Gasteiger partial charge in [-0.3, -0.25) is 14.5 Å². The molecule has 1 unspecified atom stereocenters. The van der Waals surface area contributed by atoms with Crippen LogP contribution in [0.15, 0.2) is 95.5 Å². The van der Waals surface area contributed by atoms with Crippen LogP contribution in [0.5, 0.6) is 0 Å². The lowest BCUT2D eigenvalue weighted by Crippen LogP contribution is -2.32. The van der Waals surface area contributed by atoms with Crippen LogP contribution in [-0.2, 0) is 22.6 Å². The number of nitriles is 1. The van der Waals surface area contributed by atoms with E-state index in [1.807, 2.05) is 42.5 Å². The third kappa shape index (κ3) is 5.13. The van der Waals surface area contributed by atoms with Gasteiger partial charge in [-0.2, -0.15) is 5.26 Å². The number of amides is 2. The second-order valence-corrected chi connectivity index (χ2v) is 8.60. The lowest BCUT2D eigenvalue weighted by Gasteiger charge is -2.18. The minimum atomic E-state index is -0.545. The van der Waals surface area contributed by atoms with Crippen molar-refractivity contribution in [2.45, 2.75) is 18.2 Å². The van der Waals surface area contributed by atoms with E-state index in [9.17, 15) is 19.2 Å². The van der Waals surface area contributed by atoms with Gasteiger partial charge in [-0.05, 0) is 41.8 Å². The third-order valence-electron chi connectivity index (χ3n) is 5.15. The van der Waals surface area contributed by atoms with E-state index in [4.69, 9.17) is 0 Å². The van der Waals surface area contributed by atoms with Crippen LogP contribution in [0.1, 0.15) is 11.1 Å². The average Bonchev–Trinajstić information content (AvgIpc) is 3.16. The van der Waals surface area contributed by atoms with Gasteiger partial charge in [-0.25, -0.2) is 4.39 Å². The van der Waals surface area contributed by atoms with E-state index in [1.165, 1.54) is 28.8 Å². The highest BCUT2D eigenvalue weighted by Crippen LogP contribution is 2.41. The average molecular weight is 458 g/mol. The number of carbonyl (C=O) groups is 2. The molecular weight excluding hydrogens is 437 g/mol. The van der Waals surface area contributed by atoms with Crippen molar-refractivity contribution in [3.05, 3.63) is 112 Å². The van der Waals surface area contributed by atoms with Crippen molar-refractivity contribution in [3.8, 4) is 6.07 Å². The predicted octanol–water partition coefficient (Wildman–Crippen LogP) is 4.57. The molecule has 0 saturated carbocycles. The van der Waals surface area contributed by atoms with Crippen LogP contribution in [0.2, 0.25) is 0 Å². The van der Waals surface area contributed by atoms with Gasteiger partial charge in [0.15, 0.2) is 0 Å². The number of carbonyl (C=O) groups excluding carboxylic acids is 2. The Labute approximate surface area is 195 Å². The summed E-state index contributed by atoms with van der Waals surface area (Å²) in [6.45, 7) is 0.265. The molecular formula is C26H20FN3O2S. The SMILES string of the molecule is N#CC(C(=O)NCc1ccccc1)=C1SC(Cc2ccc(F)cc2)C(=O)N1c1ccccc1. The monoisotopic (exact) mass is 457 g/mol. The lowest BCUT2D eigenvalue weighted by molar-refractivity contribution is -0.117. The number of halogens is 1. The van der Waals surface area contributed by atoms with Crippen LogP contribution >= 0.6 is 11.8 Å². The van der Waals surface area contributed by atoms with E-state index in [0.717, 1.165) is 11.1 Å². The molecule has 1 heterocycles. The molecule has 164 valence electrons. The second kappa shape index (κ2) is 10.2. The number of hydrogen-bond acceptors (Lipinski definition) is 4. The highest BCUT2D eigenvalue weighted by atomic mass is 32.2. The van der Waals surface area contributed by atoms with E-state index in [0.29, 0.717) is 17.1 Å². The normalized spacial score (nSPS) is 16.9. The molecule has 0 bridgehead atoms. The number of nitrogens with zero attached hydrogens (tertiary/aromatic N) is 2. The van der Waals surface area contributed by atoms with E-state index in [2.05, 4.69) is 5.32 Å². The van der Waals surface area contributed by atoms with Gasteiger partial charge in [0.05, 0.1) is 5.25 Å². The number of thioether (sulfide) groups is 1. The minimum absolute atomic E-state index is 0.116. The van der Waals surface area contributed by atoms with Crippen molar-refractivity contribution in [1.29, 1.82) is 5.26 Å². The number of hydrogen-bond donors (Lipinski definition) is 1. The van der Waals surface area contributed by atoms with Crippen molar-refractivity contribution in [1.82, 2.24) is 5.32 Å². The summed E-state index contributed by atoms with van der Waals surface area (Å²) in [5, 5.41) is 12.4. The van der Waals surface area contributed by atoms with Gasteiger partial charge in [0.1, 0.15) is 22.5 Å². The zero-order valence-corrected chi connectivity index (χ0v) is 18.4. The first-order chi connectivity index (χ1) is 16.1. The molecule has 0 aromatic heterocycles. The van der Waals surface area contributed by atoms with Crippen molar-refractivity contribution in [2.75, 3.05) is 4.90 Å². The maximum Gasteiger partial charge on any atom is 0.264 e. The first-order valence-electron chi connectivity index (χ1n) is 10.3. The molecule has 1 saturated heterocycles. The number of rotatable bonds is 6. The standard InChI is InChI=1S/C26H20FN3O2S/c27-20-13-11-18(12-14-20)15-23-25(32)30(21-9-5-2-6-10-21)26(33-23)22(16-28)24(31)29-17-19-7-3-1-4-8-19/h1-14,23H,15,17H2,(H,29,31). The van der Waals surface area contributed by atoms with Crippen LogP contribution in [0.4, 0.5) is 10.1 Å². The Kier molecular flexibility index (Phi) is 6.86. The van der Waals surface area contributed by atoms with Gasteiger partial charge in [0.2, 0.25) is 5.91 Å². The predicted molar refractivity (Wildman–Crippen MR) is 126 cm³/mol. The summed E-state index contributed by atoms with van der Waals surface area (Å²) >= 11 is 1.18. The van der Waals surface area contributed by atoms with Crippen molar-refractivity contribution in [2.24, 2.45) is 0 Å². The molecule has 1 aliphatic rings. The van der Waals surface area contributed by atoms with E-state index >= 15 is 0 Å². The molecule has 2 amide bonds. The van der Waals surface area contributed by atoms with Crippen molar-refractivity contribution in [3.63, 3.8) is 0 Å². The number of benzene rings is 3. The number of anilines is 1. The van der Waals surface area contributed by atoms with E-state index in [-0.39, 0.29) is 23.8 Å². The molecule has 7 heteroatoms. The maximum atomic E-state index is 13.4. The lowest BCUT2D eigenvalue weighted by atomic mass is 10.1. The fraction of sp³-hybridized carbons (Fsp3) is 0.115. The summed E-state index contributed by atoms with van der Waals surface area (Å²) in [4.78, 5) is 27.7. The highest BCUT2D eigenvalue weighted by molar-refractivity contribution is 8.05. The molecule has 33 heavy (non-hydrogen) atoms. The quantitative estimate of drug-likeness (QED) is 0.435. The van der Waals surface area contributed by atoms with Gasteiger partial charge in [0.25, 0.3) is 5.91 Å². The molecule has 5 nitrogen and oxygen atoms in total. The van der Waals surface area contributed by atoms with Gasteiger partial charge in [-0.1, -0.05) is 72.4 Å². The fourth-order valence-corrected chi connectivity index (χ4v) is 4.81. The van der Waals surface area contributed by atoms with Crippen molar-refractivity contribution < 1.29 is 14.0 Å². The van der Waals surface area contributed by atoms with Gasteiger partial charge >= 0.3 is 0 Å². The maximum absolute atomic E-state index is 13.4. The van der Waals surface area contributed by atoms with Crippen LogP contribution in [0, 0.1) is 17.1 Å². The molecule has 1 aliphatic heterocycles. The Morgan fingerprint density at radius 1 is 0.970 bits per heavy atom. The third-order valence-corrected chi connectivity index (χ3v) is 6.41. The Hall–Kier alpha value is -3.89. The number of nitrogens with one attached hydrogen (secondary N) is 1. The Morgan fingerprint density at radius 2 is 1.61 bits per heavy atom. The largest absolute Gasteiger partial charge is 0.347 e. The summed E-state index contributed by atoms with van der Waals surface area (Å²) in [6, 6.07) is 26.3. The van der Waals surface area contributed by atoms with Crippen molar-refractivity contribution >= 4 is 29.3 Å². The molecule has 0 aliphatic carbocycles. The topological polar surface area (TPSA) is 73.2 Å². The summed E-state index contributed by atoms with van der Waals surface area (Å²) in [5.74, 6) is -1.12. The summed E-state index contributed by atoms with van der Waals surface area (Å²) in [5.41, 5.74) is 2.16. The molecule has 1 atom stereocenters. The van der Waals surface area contributed by atoms with Crippen LogP contribution in [-0.4, -0.2) is 17.1 Å². The van der Waals surface area contributed by atoms with E-state index in [1.54, 1.807) is 36.4 Å². The highest BCUT2D eigenvalue weighted by Gasteiger charge is 2.40. The fourth-order valence-electron chi connectivity index (χ4n) is 3.50. The Morgan fingerprint density at radius 3 is 2.24 bits per heavy atom. The molecule has 3 aromatic rings. The molecule has 3 aromatic carbocycles. The smallest absolute Gasteiger partial charge is 0.264 e. The second-order valence-electron chi connectivity index (χ2n) is 7.41. The van der Waals surface area contributed by atoms with Crippen LogP contribution in [0.3, 0.4) is 0 Å². The van der Waals surface area contributed by atoms with Gasteiger partial charge in [0, 0.05) is 12.2 Å². The summed E-state index contributed by atoms with van der Waals surface area (Å²) in [6.07, 6.45) is 0.348. The molecule has 1 N–H and O–H groups in total. The summed E-state index contributed by atoms with van der Waals surface area (Å²) < 4.78 is 13.3. The zero-order valence-electron chi connectivity index (χ0n) is 17.6. The van der Waals surface area contributed by atoms with E-state index < -0.39 is 11.2 Å². The van der Waals surface area contributed by atoms with Crippen LogP contribution < -0.4 is 10.2 Å². The summed E-state index contributed by atoms with van der Waals surface area (Å²) in [7, 11) is 0. The Bertz CT molecular complexity index is 1220. The molecule has 0 spiro atoms. The number of para-hydroxylation sites is 1. The minimum Gasteiger partial charge on any atom is -0.347 e. The van der Waals surface area contributed by atoms with Gasteiger partial charge in [-0.15, -0.1) is 0 Å². The zero-order chi connectivity index (χ0) is 23.2. The van der Waals surface area contributed by atoms with Crippen LogP contribution in [0.25, 0.3) is 0 Å². The molecule has 1 fully saturated rings. The molecule has 0 radical (unpaired) electrons. The first kappa shape index (κ1) is 22.3. The van der Waals surface area contributed by atoms with Gasteiger partial charge < -0.3 is 5.32 Å². The first-order valence-corrected chi connectivity index (χ1v) is 11.2. The molecule has 4 rings (SSSR count). The Balaban J connectivity index is 1.65.